The Morgan fingerprint density at radius 3 is 2.40 bits per heavy atom. The monoisotopic (exact) mass is 409 g/mol. The summed E-state index contributed by atoms with van der Waals surface area (Å²) in [7, 11) is 1.57. The van der Waals surface area contributed by atoms with Gasteiger partial charge in [0.2, 0.25) is 0 Å². The second-order valence-electron chi connectivity index (χ2n) is 7.42. The number of aliphatic hydroxyl groups excluding tert-OH is 1. The Bertz CT molecular complexity index is 962. The number of para-hydroxylation sites is 1. The summed E-state index contributed by atoms with van der Waals surface area (Å²) >= 11 is 0. The number of hydrogen-bond donors (Lipinski definition) is 1. The van der Waals surface area contributed by atoms with E-state index in [1.54, 1.807) is 14.0 Å². The summed E-state index contributed by atoms with van der Waals surface area (Å²) in [6, 6.07) is 14.0. The van der Waals surface area contributed by atoms with E-state index in [1.165, 1.54) is 4.90 Å². The molecule has 1 amide bonds. The van der Waals surface area contributed by atoms with Crippen LogP contribution < -0.4 is 9.47 Å². The first-order chi connectivity index (χ1) is 14.4. The molecule has 0 spiro atoms. The number of ketones is 1. The molecule has 0 aliphatic carbocycles. The van der Waals surface area contributed by atoms with Gasteiger partial charge in [-0.25, -0.2) is 0 Å². The third kappa shape index (κ3) is 4.17. The van der Waals surface area contributed by atoms with E-state index in [0.29, 0.717) is 11.5 Å². The number of amides is 1. The summed E-state index contributed by atoms with van der Waals surface area (Å²) in [6.07, 6.45) is 0.229. The van der Waals surface area contributed by atoms with Crippen molar-refractivity contribution in [1.29, 1.82) is 0 Å². The zero-order valence-electron chi connectivity index (χ0n) is 17.7. The zero-order chi connectivity index (χ0) is 21.8. The van der Waals surface area contributed by atoms with Gasteiger partial charge in [0.05, 0.1) is 31.4 Å². The third-order valence-corrected chi connectivity index (χ3v) is 5.03. The quantitative estimate of drug-likeness (QED) is 0.701. The van der Waals surface area contributed by atoms with E-state index < -0.39 is 17.7 Å². The van der Waals surface area contributed by atoms with Gasteiger partial charge in [-0.2, -0.15) is 0 Å². The molecule has 1 aliphatic heterocycles. The van der Waals surface area contributed by atoms with E-state index >= 15 is 0 Å². The Labute approximate surface area is 176 Å². The maximum Gasteiger partial charge on any atom is 0.290 e. The molecule has 6 heteroatoms. The molecule has 0 radical (unpaired) electrons. The van der Waals surface area contributed by atoms with Crippen LogP contribution in [-0.4, -0.2) is 34.9 Å². The Balaban J connectivity index is 2.02. The number of rotatable bonds is 8. The maximum absolute atomic E-state index is 12.9. The zero-order valence-corrected chi connectivity index (χ0v) is 17.7. The van der Waals surface area contributed by atoms with Gasteiger partial charge in [0, 0.05) is 12.0 Å². The van der Waals surface area contributed by atoms with Gasteiger partial charge in [0.15, 0.2) is 11.5 Å². The topological polar surface area (TPSA) is 76.1 Å². The molecule has 6 nitrogen and oxygen atoms in total. The molecule has 1 heterocycles. The summed E-state index contributed by atoms with van der Waals surface area (Å²) in [4.78, 5) is 27.1. The van der Waals surface area contributed by atoms with Gasteiger partial charge in [-0.15, -0.1) is 0 Å². The number of carbonyl (C=O) groups excluding carboxylic acids is 2. The molecule has 0 bridgehead atoms. The first-order valence-corrected chi connectivity index (χ1v) is 10.0. The standard InChI is InChI=1S/C24H27NO5/c1-5-19(26)21-22(16-10-12-18(13-11-16)30-15(2)3)25(24(28)23(21)27)14-17-8-6-7-9-20(17)29-4/h6-13,15,22,27H,5,14H2,1-4H3. The predicted molar refractivity (Wildman–Crippen MR) is 113 cm³/mol. The number of aliphatic hydroxyl groups is 1. The van der Waals surface area contributed by atoms with Crippen molar-refractivity contribution in [2.75, 3.05) is 7.11 Å². The normalized spacial score (nSPS) is 16.4. The third-order valence-electron chi connectivity index (χ3n) is 5.03. The molecule has 0 aromatic heterocycles. The summed E-state index contributed by atoms with van der Waals surface area (Å²) in [5.74, 6) is 0.0377. The number of ether oxygens (including phenoxy) is 2. The Morgan fingerprint density at radius 1 is 1.13 bits per heavy atom. The van der Waals surface area contributed by atoms with Crippen molar-refractivity contribution in [1.82, 2.24) is 4.90 Å². The van der Waals surface area contributed by atoms with Gasteiger partial charge >= 0.3 is 0 Å². The van der Waals surface area contributed by atoms with Gasteiger partial charge in [0.25, 0.3) is 5.91 Å². The van der Waals surface area contributed by atoms with Crippen LogP contribution in [0.3, 0.4) is 0 Å². The van der Waals surface area contributed by atoms with E-state index in [4.69, 9.17) is 9.47 Å². The number of nitrogens with zero attached hydrogens (tertiary/aromatic N) is 1. The van der Waals surface area contributed by atoms with E-state index in [2.05, 4.69) is 0 Å². The van der Waals surface area contributed by atoms with Crippen molar-refractivity contribution in [3.05, 3.63) is 71.0 Å². The lowest BCUT2D eigenvalue weighted by atomic mass is 9.94. The average molecular weight is 409 g/mol. The van der Waals surface area contributed by atoms with E-state index in [-0.39, 0.29) is 30.4 Å². The highest BCUT2D eigenvalue weighted by Crippen LogP contribution is 2.40. The molecular formula is C24H27NO5. The van der Waals surface area contributed by atoms with E-state index in [0.717, 1.165) is 11.1 Å². The highest BCUT2D eigenvalue weighted by atomic mass is 16.5. The van der Waals surface area contributed by atoms with Gasteiger partial charge in [-0.05, 0) is 37.6 Å². The molecule has 30 heavy (non-hydrogen) atoms. The number of hydrogen-bond acceptors (Lipinski definition) is 5. The molecule has 0 saturated heterocycles. The molecule has 1 aliphatic rings. The van der Waals surface area contributed by atoms with Gasteiger partial charge in [-0.1, -0.05) is 37.3 Å². The fourth-order valence-corrected chi connectivity index (χ4v) is 3.66. The maximum atomic E-state index is 12.9. The molecule has 2 aromatic carbocycles. The number of methoxy groups -OCH3 is 1. The van der Waals surface area contributed by atoms with Gasteiger partial charge in [0.1, 0.15) is 11.5 Å². The highest BCUT2D eigenvalue weighted by molar-refractivity contribution is 6.08. The Morgan fingerprint density at radius 2 is 1.80 bits per heavy atom. The highest BCUT2D eigenvalue weighted by Gasteiger charge is 2.43. The molecule has 3 rings (SSSR count). The lowest BCUT2D eigenvalue weighted by Gasteiger charge is -2.27. The summed E-state index contributed by atoms with van der Waals surface area (Å²) < 4.78 is 11.1. The predicted octanol–water partition coefficient (Wildman–Crippen LogP) is 4.36. The Kier molecular flexibility index (Phi) is 6.45. The van der Waals surface area contributed by atoms with Crippen LogP contribution in [0.15, 0.2) is 59.9 Å². The van der Waals surface area contributed by atoms with Crippen LogP contribution >= 0.6 is 0 Å². The lowest BCUT2D eigenvalue weighted by molar-refractivity contribution is -0.130. The summed E-state index contributed by atoms with van der Waals surface area (Å²) in [5, 5.41) is 10.6. The SMILES string of the molecule is CCC(=O)C1=C(O)C(=O)N(Cc2ccccc2OC)C1c1ccc(OC(C)C)cc1. The average Bonchev–Trinajstić information content (AvgIpc) is 2.98. The minimum Gasteiger partial charge on any atom is -0.503 e. The Hall–Kier alpha value is -3.28. The largest absolute Gasteiger partial charge is 0.503 e. The van der Waals surface area contributed by atoms with Crippen molar-refractivity contribution < 1.29 is 24.2 Å². The molecule has 1 N–H and O–H groups in total. The molecular weight excluding hydrogens is 382 g/mol. The minimum atomic E-state index is -0.678. The fourth-order valence-electron chi connectivity index (χ4n) is 3.66. The van der Waals surface area contributed by atoms with Crippen LogP contribution in [0.25, 0.3) is 0 Å². The van der Waals surface area contributed by atoms with E-state index in [9.17, 15) is 14.7 Å². The van der Waals surface area contributed by atoms with Crippen molar-refractivity contribution in [2.24, 2.45) is 0 Å². The van der Waals surface area contributed by atoms with Gasteiger partial charge in [-0.3, -0.25) is 9.59 Å². The van der Waals surface area contributed by atoms with Crippen LogP contribution in [0.4, 0.5) is 0 Å². The molecule has 158 valence electrons. The second kappa shape index (κ2) is 9.03. The lowest BCUT2D eigenvalue weighted by Crippen LogP contribution is -2.30. The summed E-state index contributed by atoms with van der Waals surface area (Å²) in [5.41, 5.74) is 1.65. The van der Waals surface area contributed by atoms with Crippen LogP contribution in [0.1, 0.15) is 44.4 Å². The van der Waals surface area contributed by atoms with Crippen LogP contribution in [0.2, 0.25) is 0 Å². The minimum absolute atomic E-state index is 0.0344. The first kappa shape index (κ1) is 21.4. The van der Waals surface area contributed by atoms with Crippen molar-refractivity contribution in [2.45, 2.75) is 45.9 Å². The number of Topliss-reactive ketones (excluding diaryl/α,β-unsaturated/α-hetero) is 1. The smallest absolute Gasteiger partial charge is 0.290 e. The molecule has 0 fully saturated rings. The van der Waals surface area contributed by atoms with Crippen molar-refractivity contribution in [3.8, 4) is 11.5 Å². The van der Waals surface area contributed by atoms with E-state index in [1.807, 2.05) is 62.4 Å². The number of benzene rings is 2. The second-order valence-corrected chi connectivity index (χ2v) is 7.42. The number of carbonyl (C=O) groups is 2. The molecule has 2 aromatic rings. The van der Waals surface area contributed by atoms with Crippen molar-refractivity contribution in [3.63, 3.8) is 0 Å². The first-order valence-electron chi connectivity index (χ1n) is 10.0. The molecule has 1 atom stereocenters. The van der Waals surface area contributed by atoms with Crippen LogP contribution in [0.5, 0.6) is 11.5 Å². The molecule has 0 saturated carbocycles. The van der Waals surface area contributed by atoms with Gasteiger partial charge < -0.3 is 19.5 Å². The van der Waals surface area contributed by atoms with Crippen molar-refractivity contribution >= 4 is 11.7 Å². The summed E-state index contributed by atoms with van der Waals surface area (Å²) in [6.45, 7) is 5.80. The van der Waals surface area contributed by atoms with Crippen LogP contribution in [-0.2, 0) is 16.1 Å². The van der Waals surface area contributed by atoms with Crippen LogP contribution in [0, 0.1) is 0 Å². The molecule has 1 unspecified atom stereocenters. The fraction of sp³-hybridized carbons (Fsp3) is 0.333.